The van der Waals surface area contributed by atoms with Gasteiger partial charge in [0.05, 0.1) is 5.88 Å². The van der Waals surface area contributed by atoms with Crippen LogP contribution in [0.5, 0.6) is 0 Å². The molecule has 3 N–H and O–H groups in total. The average molecular weight is 327 g/mol. The molecule has 0 unspecified atom stereocenters. The Morgan fingerprint density at radius 3 is 2.30 bits per heavy atom. The largest absolute Gasteiger partial charge is 0.383 e. The minimum atomic E-state index is -1.22. The fourth-order valence-electron chi connectivity index (χ4n) is 2.26. The zero-order valence-corrected chi connectivity index (χ0v) is 13.0. The summed E-state index contributed by atoms with van der Waals surface area (Å²) in [4.78, 5) is 21.2. The van der Waals surface area contributed by atoms with Crippen molar-refractivity contribution in [2.24, 2.45) is 15.7 Å². The van der Waals surface area contributed by atoms with Crippen molar-refractivity contribution in [3.8, 4) is 0 Å². The molecular formula is C17H15ClN4O. The van der Waals surface area contributed by atoms with Crippen LogP contribution in [0.2, 0.25) is 0 Å². The standard InChI is InChI=1S/C17H15ClN4O/c18-11-17(22-15(23)13-9-5-2-6-10-13)16(19)20-14(21-17)12-7-3-1-4-8-12/h1-10H,11H2,(H,22,23)(H2,19,20,21)/t17-/m0/s1. The van der Waals surface area contributed by atoms with Crippen molar-refractivity contribution in [3.05, 3.63) is 71.8 Å². The van der Waals surface area contributed by atoms with Crippen LogP contribution in [0.25, 0.3) is 0 Å². The zero-order chi connectivity index (χ0) is 16.3. The first-order valence-electron chi connectivity index (χ1n) is 7.08. The molecule has 3 rings (SSSR count). The molecule has 0 aromatic heterocycles. The highest BCUT2D eigenvalue weighted by Crippen LogP contribution is 2.21. The van der Waals surface area contributed by atoms with Gasteiger partial charge in [0.15, 0.2) is 11.7 Å². The Morgan fingerprint density at radius 1 is 1.09 bits per heavy atom. The number of carbonyl (C=O) groups is 1. The summed E-state index contributed by atoms with van der Waals surface area (Å²) >= 11 is 6.06. The fourth-order valence-corrected chi connectivity index (χ4v) is 2.52. The molecule has 116 valence electrons. The summed E-state index contributed by atoms with van der Waals surface area (Å²) in [5.41, 5.74) is 6.12. The second-order valence-corrected chi connectivity index (χ2v) is 5.38. The van der Waals surface area contributed by atoms with Crippen LogP contribution in [-0.2, 0) is 0 Å². The number of halogens is 1. The molecule has 1 atom stereocenters. The third kappa shape index (κ3) is 2.96. The van der Waals surface area contributed by atoms with E-state index < -0.39 is 5.66 Å². The van der Waals surface area contributed by atoms with Gasteiger partial charge >= 0.3 is 0 Å². The van der Waals surface area contributed by atoms with Crippen LogP contribution in [-0.4, -0.2) is 29.1 Å². The first-order chi connectivity index (χ1) is 11.1. The van der Waals surface area contributed by atoms with E-state index in [4.69, 9.17) is 17.3 Å². The van der Waals surface area contributed by atoms with Crippen molar-refractivity contribution in [2.75, 3.05) is 5.88 Å². The zero-order valence-electron chi connectivity index (χ0n) is 12.2. The molecule has 0 spiro atoms. The van der Waals surface area contributed by atoms with E-state index in [1.54, 1.807) is 24.3 Å². The van der Waals surface area contributed by atoms with Crippen molar-refractivity contribution in [1.82, 2.24) is 5.32 Å². The van der Waals surface area contributed by atoms with Gasteiger partial charge in [-0.25, -0.2) is 9.98 Å². The average Bonchev–Trinajstić information content (AvgIpc) is 2.93. The van der Waals surface area contributed by atoms with Crippen molar-refractivity contribution < 1.29 is 4.79 Å². The monoisotopic (exact) mass is 326 g/mol. The number of amides is 1. The van der Waals surface area contributed by atoms with E-state index >= 15 is 0 Å². The van der Waals surface area contributed by atoms with E-state index in [2.05, 4.69) is 15.3 Å². The molecule has 0 radical (unpaired) electrons. The number of nitrogens with zero attached hydrogens (tertiary/aromatic N) is 2. The number of nitrogens with one attached hydrogen (secondary N) is 1. The van der Waals surface area contributed by atoms with Gasteiger partial charge in [0, 0.05) is 11.1 Å². The number of hydrogen-bond acceptors (Lipinski definition) is 4. The Bertz CT molecular complexity index is 774. The number of nitrogens with two attached hydrogens (primary N) is 1. The number of alkyl halides is 1. The smallest absolute Gasteiger partial charge is 0.253 e. The number of rotatable bonds is 4. The highest BCUT2D eigenvalue weighted by atomic mass is 35.5. The van der Waals surface area contributed by atoms with Crippen LogP contribution in [0.3, 0.4) is 0 Å². The maximum Gasteiger partial charge on any atom is 0.253 e. The Hall–Kier alpha value is -2.66. The molecule has 1 amide bonds. The Labute approximate surface area is 138 Å². The maximum atomic E-state index is 12.4. The second kappa shape index (κ2) is 6.22. The van der Waals surface area contributed by atoms with Gasteiger partial charge in [0.25, 0.3) is 5.91 Å². The Kier molecular flexibility index (Phi) is 4.12. The molecule has 6 heteroatoms. The lowest BCUT2D eigenvalue weighted by Gasteiger charge is -2.24. The maximum absolute atomic E-state index is 12.4. The van der Waals surface area contributed by atoms with Gasteiger partial charge in [0.2, 0.25) is 5.66 Å². The molecule has 1 aliphatic heterocycles. The van der Waals surface area contributed by atoms with Crippen LogP contribution in [0.4, 0.5) is 0 Å². The molecule has 1 heterocycles. The predicted molar refractivity (Wildman–Crippen MR) is 92.0 cm³/mol. The van der Waals surface area contributed by atoms with Gasteiger partial charge in [-0.1, -0.05) is 48.5 Å². The highest BCUT2D eigenvalue weighted by Gasteiger charge is 2.40. The molecule has 5 nitrogen and oxygen atoms in total. The van der Waals surface area contributed by atoms with Crippen LogP contribution >= 0.6 is 11.6 Å². The van der Waals surface area contributed by atoms with Crippen LogP contribution in [0, 0.1) is 0 Å². The molecule has 0 saturated carbocycles. The van der Waals surface area contributed by atoms with Crippen molar-refractivity contribution in [3.63, 3.8) is 0 Å². The minimum absolute atomic E-state index is 0.00274. The Morgan fingerprint density at radius 2 is 1.70 bits per heavy atom. The molecule has 1 aliphatic rings. The van der Waals surface area contributed by atoms with E-state index in [1.807, 2.05) is 36.4 Å². The molecule has 23 heavy (non-hydrogen) atoms. The lowest BCUT2D eigenvalue weighted by atomic mass is 10.1. The highest BCUT2D eigenvalue weighted by molar-refractivity contribution is 6.24. The van der Waals surface area contributed by atoms with E-state index in [-0.39, 0.29) is 17.6 Å². The predicted octanol–water partition coefficient (Wildman–Crippen LogP) is 2.17. The number of aliphatic imine (C=N–C) groups is 2. The number of carbonyl (C=O) groups excluding carboxylic acids is 1. The minimum Gasteiger partial charge on any atom is -0.383 e. The quantitative estimate of drug-likeness (QED) is 0.844. The SMILES string of the molecule is NC1=NC(c2ccccc2)=N[C@@]1(CCl)NC(=O)c1ccccc1. The summed E-state index contributed by atoms with van der Waals surface area (Å²) in [5, 5.41) is 2.79. The summed E-state index contributed by atoms with van der Waals surface area (Å²) in [5.74, 6) is 0.326. The normalized spacial score (nSPS) is 19.9. The Balaban J connectivity index is 1.91. The number of amidine groups is 2. The van der Waals surface area contributed by atoms with Crippen molar-refractivity contribution in [1.29, 1.82) is 0 Å². The molecule has 0 saturated heterocycles. The van der Waals surface area contributed by atoms with E-state index in [0.29, 0.717) is 11.4 Å². The first kappa shape index (κ1) is 15.2. The van der Waals surface area contributed by atoms with E-state index in [1.165, 1.54) is 0 Å². The summed E-state index contributed by atoms with van der Waals surface area (Å²) in [7, 11) is 0. The third-order valence-corrected chi connectivity index (χ3v) is 3.92. The van der Waals surface area contributed by atoms with Crippen molar-refractivity contribution in [2.45, 2.75) is 5.66 Å². The summed E-state index contributed by atoms with van der Waals surface area (Å²) in [6.07, 6.45) is 0. The molecule has 0 bridgehead atoms. The van der Waals surface area contributed by atoms with Crippen LogP contribution < -0.4 is 11.1 Å². The molecule has 2 aromatic rings. The molecular weight excluding hydrogens is 312 g/mol. The van der Waals surface area contributed by atoms with Gasteiger partial charge in [-0.05, 0) is 12.1 Å². The van der Waals surface area contributed by atoms with Gasteiger partial charge in [0.1, 0.15) is 0 Å². The molecule has 0 fully saturated rings. The second-order valence-electron chi connectivity index (χ2n) is 5.11. The summed E-state index contributed by atoms with van der Waals surface area (Å²) < 4.78 is 0. The summed E-state index contributed by atoms with van der Waals surface area (Å²) in [6.45, 7) is 0. The molecule has 2 aromatic carbocycles. The van der Waals surface area contributed by atoms with Crippen molar-refractivity contribution >= 4 is 29.2 Å². The third-order valence-electron chi connectivity index (χ3n) is 3.53. The summed E-state index contributed by atoms with van der Waals surface area (Å²) in [6, 6.07) is 18.2. The topological polar surface area (TPSA) is 79.8 Å². The van der Waals surface area contributed by atoms with Gasteiger partial charge in [-0.15, -0.1) is 11.6 Å². The lowest BCUT2D eigenvalue weighted by molar-refractivity contribution is 0.0930. The number of benzene rings is 2. The van der Waals surface area contributed by atoms with Gasteiger partial charge < -0.3 is 11.1 Å². The van der Waals surface area contributed by atoms with Crippen LogP contribution in [0.1, 0.15) is 15.9 Å². The van der Waals surface area contributed by atoms with Crippen LogP contribution in [0.15, 0.2) is 70.6 Å². The van der Waals surface area contributed by atoms with Gasteiger partial charge in [-0.3, -0.25) is 4.79 Å². The van der Waals surface area contributed by atoms with Gasteiger partial charge in [-0.2, -0.15) is 0 Å². The lowest BCUT2D eigenvalue weighted by Crippen LogP contribution is -2.56. The number of hydrogen-bond donors (Lipinski definition) is 2. The first-order valence-corrected chi connectivity index (χ1v) is 7.61. The molecule has 0 aliphatic carbocycles. The fraction of sp³-hybridized carbons (Fsp3) is 0.118. The van der Waals surface area contributed by atoms with E-state index in [9.17, 15) is 4.79 Å². The van der Waals surface area contributed by atoms with E-state index in [0.717, 1.165) is 5.56 Å².